The van der Waals surface area contributed by atoms with Gasteiger partial charge in [-0.3, -0.25) is 4.79 Å². The van der Waals surface area contributed by atoms with E-state index in [1.165, 1.54) is 0 Å². The van der Waals surface area contributed by atoms with Gasteiger partial charge in [-0.05, 0) is 17.7 Å². The fraction of sp³-hybridized carbons (Fsp3) is 0.462. The van der Waals surface area contributed by atoms with Crippen molar-refractivity contribution in [2.75, 3.05) is 18.1 Å². The molecular formula is C13H20N2OS. The molecule has 1 amide bonds. The lowest BCUT2D eigenvalue weighted by Gasteiger charge is -2.12. The largest absolute Gasteiger partial charge is 0.353 e. The highest BCUT2D eigenvalue weighted by Crippen LogP contribution is 2.08. The van der Waals surface area contributed by atoms with Gasteiger partial charge in [0.15, 0.2) is 0 Å². The zero-order valence-electron chi connectivity index (χ0n) is 10.2. The number of amides is 1. The smallest absolute Gasteiger partial charge is 0.230 e. The number of carbonyl (C=O) groups is 1. The van der Waals surface area contributed by atoms with Crippen LogP contribution in [0.25, 0.3) is 0 Å². The van der Waals surface area contributed by atoms with E-state index in [4.69, 9.17) is 5.73 Å². The van der Waals surface area contributed by atoms with Gasteiger partial charge in [0.1, 0.15) is 0 Å². The second-order valence-electron chi connectivity index (χ2n) is 3.87. The number of rotatable bonds is 7. The summed E-state index contributed by atoms with van der Waals surface area (Å²) >= 11 is 1.66. The van der Waals surface area contributed by atoms with Crippen LogP contribution in [0.1, 0.15) is 24.9 Å². The molecule has 3 N–H and O–H groups in total. The predicted molar refractivity (Wildman–Crippen MR) is 74.0 cm³/mol. The first kappa shape index (κ1) is 14.1. The van der Waals surface area contributed by atoms with E-state index in [2.05, 4.69) is 12.2 Å². The molecule has 0 aliphatic rings. The van der Waals surface area contributed by atoms with Crippen LogP contribution in [0.15, 0.2) is 30.3 Å². The normalized spacial score (nSPS) is 12.1. The fourth-order valence-electron chi connectivity index (χ4n) is 1.40. The van der Waals surface area contributed by atoms with Crippen LogP contribution < -0.4 is 11.1 Å². The summed E-state index contributed by atoms with van der Waals surface area (Å²) in [6.07, 6.45) is 1.10. The SMILES string of the molecule is CCCSCC(=O)NCC(N)c1ccccc1. The minimum atomic E-state index is -0.128. The minimum Gasteiger partial charge on any atom is -0.353 e. The van der Waals surface area contributed by atoms with E-state index in [-0.39, 0.29) is 11.9 Å². The maximum Gasteiger partial charge on any atom is 0.230 e. The number of nitrogens with two attached hydrogens (primary N) is 1. The van der Waals surface area contributed by atoms with E-state index in [1.807, 2.05) is 30.3 Å². The summed E-state index contributed by atoms with van der Waals surface area (Å²) in [5.74, 6) is 1.61. The molecule has 0 aliphatic carbocycles. The number of thioether (sulfide) groups is 1. The summed E-state index contributed by atoms with van der Waals surface area (Å²) in [5, 5.41) is 2.86. The average Bonchev–Trinajstić information content (AvgIpc) is 2.37. The molecule has 0 saturated heterocycles. The van der Waals surface area contributed by atoms with Gasteiger partial charge >= 0.3 is 0 Å². The van der Waals surface area contributed by atoms with Crippen molar-refractivity contribution in [3.05, 3.63) is 35.9 Å². The third-order valence-corrected chi connectivity index (χ3v) is 3.49. The molecule has 4 heteroatoms. The molecule has 0 aromatic heterocycles. The Balaban J connectivity index is 2.24. The summed E-state index contributed by atoms with van der Waals surface area (Å²) in [4.78, 5) is 11.5. The molecule has 94 valence electrons. The fourth-order valence-corrected chi connectivity index (χ4v) is 2.12. The van der Waals surface area contributed by atoms with Crippen LogP contribution in [0.4, 0.5) is 0 Å². The second-order valence-corrected chi connectivity index (χ2v) is 4.98. The number of benzene rings is 1. The van der Waals surface area contributed by atoms with E-state index < -0.39 is 0 Å². The standard InChI is InChI=1S/C13H20N2OS/c1-2-8-17-10-13(16)15-9-12(14)11-6-4-3-5-7-11/h3-7,12H,2,8-10,14H2,1H3,(H,15,16). The first-order chi connectivity index (χ1) is 8.24. The lowest BCUT2D eigenvalue weighted by atomic mass is 10.1. The van der Waals surface area contributed by atoms with Crippen LogP contribution in [0.5, 0.6) is 0 Å². The molecule has 0 spiro atoms. The third-order valence-electron chi connectivity index (χ3n) is 2.33. The maximum absolute atomic E-state index is 11.5. The Hall–Kier alpha value is -1.00. The summed E-state index contributed by atoms with van der Waals surface area (Å²) in [6.45, 7) is 2.60. The summed E-state index contributed by atoms with van der Waals surface area (Å²) in [6, 6.07) is 9.68. The zero-order chi connectivity index (χ0) is 12.5. The molecule has 0 aliphatic heterocycles. The van der Waals surface area contributed by atoms with E-state index in [1.54, 1.807) is 11.8 Å². The molecule has 1 aromatic rings. The lowest BCUT2D eigenvalue weighted by molar-refractivity contribution is -0.118. The Kier molecular flexibility index (Phi) is 6.74. The maximum atomic E-state index is 11.5. The van der Waals surface area contributed by atoms with Crippen molar-refractivity contribution in [3.63, 3.8) is 0 Å². The molecule has 1 rings (SSSR count). The second kappa shape index (κ2) is 8.14. The molecule has 3 nitrogen and oxygen atoms in total. The van der Waals surface area contributed by atoms with Gasteiger partial charge < -0.3 is 11.1 Å². The van der Waals surface area contributed by atoms with Crippen molar-refractivity contribution in [2.24, 2.45) is 5.73 Å². The van der Waals surface area contributed by atoms with Crippen LogP contribution in [-0.2, 0) is 4.79 Å². The average molecular weight is 252 g/mol. The molecule has 1 aromatic carbocycles. The highest BCUT2D eigenvalue weighted by Gasteiger charge is 2.07. The molecule has 1 atom stereocenters. The van der Waals surface area contributed by atoms with E-state index in [0.29, 0.717) is 12.3 Å². The van der Waals surface area contributed by atoms with E-state index in [0.717, 1.165) is 17.7 Å². The Labute approximate surface area is 107 Å². The third kappa shape index (κ3) is 5.75. The zero-order valence-corrected chi connectivity index (χ0v) is 11.0. The van der Waals surface area contributed by atoms with Gasteiger partial charge in [0.25, 0.3) is 0 Å². The van der Waals surface area contributed by atoms with Gasteiger partial charge in [0, 0.05) is 12.6 Å². The van der Waals surface area contributed by atoms with Gasteiger partial charge in [-0.2, -0.15) is 11.8 Å². The minimum absolute atomic E-state index is 0.0647. The van der Waals surface area contributed by atoms with E-state index in [9.17, 15) is 4.79 Å². The number of nitrogens with one attached hydrogen (secondary N) is 1. The molecule has 1 unspecified atom stereocenters. The summed E-state index contributed by atoms with van der Waals surface area (Å²) < 4.78 is 0. The topological polar surface area (TPSA) is 55.1 Å². The molecule has 0 fully saturated rings. The predicted octanol–water partition coefficient (Wildman–Crippen LogP) is 1.95. The summed E-state index contributed by atoms with van der Waals surface area (Å²) in [5.41, 5.74) is 7.03. The monoisotopic (exact) mass is 252 g/mol. The molecule has 17 heavy (non-hydrogen) atoms. The van der Waals surface area contributed by atoms with Crippen molar-refractivity contribution in [1.29, 1.82) is 0 Å². The molecule has 0 heterocycles. The highest BCUT2D eigenvalue weighted by atomic mass is 32.2. The van der Waals surface area contributed by atoms with Crippen LogP contribution in [0, 0.1) is 0 Å². The lowest BCUT2D eigenvalue weighted by Crippen LogP contribution is -2.33. The molecular weight excluding hydrogens is 232 g/mol. The Bertz CT molecular complexity index is 329. The van der Waals surface area contributed by atoms with Gasteiger partial charge in [-0.25, -0.2) is 0 Å². The number of carbonyl (C=O) groups excluding carboxylic acids is 1. The van der Waals surface area contributed by atoms with E-state index >= 15 is 0 Å². The van der Waals surface area contributed by atoms with Crippen molar-refractivity contribution in [2.45, 2.75) is 19.4 Å². The van der Waals surface area contributed by atoms with Gasteiger partial charge in [0.05, 0.1) is 5.75 Å². The van der Waals surface area contributed by atoms with Crippen molar-refractivity contribution < 1.29 is 4.79 Å². The van der Waals surface area contributed by atoms with Crippen LogP contribution in [0.2, 0.25) is 0 Å². The van der Waals surface area contributed by atoms with Crippen molar-refractivity contribution in [1.82, 2.24) is 5.32 Å². The Morgan fingerprint density at radius 1 is 1.41 bits per heavy atom. The number of hydrogen-bond acceptors (Lipinski definition) is 3. The Morgan fingerprint density at radius 2 is 2.12 bits per heavy atom. The molecule has 0 bridgehead atoms. The highest BCUT2D eigenvalue weighted by molar-refractivity contribution is 7.99. The molecule has 0 saturated carbocycles. The van der Waals surface area contributed by atoms with Crippen molar-refractivity contribution in [3.8, 4) is 0 Å². The first-order valence-corrected chi connectivity index (χ1v) is 7.04. The van der Waals surface area contributed by atoms with Crippen LogP contribution in [-0.4, -0.2) is 24.0 Å². The van der Waals surface area contributed by atoms with Crippen molar-refractivity contribution >= 4 is 17.7 Å². The van der Waals surface area contributed by atoms with Gasteiger partial charge in [-0.15, -0.1) is 0 Å². The Morgan fingerprint density at radius 3 is 2.76 bits per heavy atom. The van der Waals surface area contributed by atoms with Gasteiger partial charge in [-0.1, -0.05) is 37.3 Å². The molecule has 0 radical (unpaired) electrons. The van der Waals surface area contributed by atoms with Crippen LogP contribution in [0.3, 0.4) is 0 Å². The first-order valence-electron chi connectivity index (χ1n) is 5.89. The van der Waals surface area contributed by atoms with Gasteiger partial charge in [0.2, 0.25) is 5.91 Å². The number of hydrogen-bond donors (Lipinski definition) is 2. The quantitative estimate of drug-likeness (QED) is 0.729. The van der Waals surface area contributed by atoms with Crippen LogP contribution >= 0.6 is 11.8 Å². The summed E-state index contributed by atoms with van der Waals surface area (Å²) in [7, 11) is 0.